The molecule has 3 aromatic rings. The van der Waals surface area contributed by atoms with E-state index in [1.807, 2.05) is 0 Å². The largest absolute Gasteiger partial charge is 0.356 e. The topological polar surface area (TPSA) is 55.0 Å². The van der Waals surface area contributed by atoms with Crippen LogP contribution in [0.4, 0.5) is 10.2 Å². The van der Waals surface area contributed by atoms with Crippen molar-refractivity contribution in [2.24, 2.45) is 5.73 Å². The van der Waals surface area contributed by atoms with Crippen molar-refractivity contribution in [3.63, 3.8) is 0 Å². The van der Waals surface area contributed by atoms with E-state index in [0.29, 0.717) is 0 Å². The van der Waals surface area contributed by atoms with Crippen LogP contribution in [0.25, 0.3) is 21.3 Å². The van der Waals surface area contributed by atoms with Crippen LogP contribution in [-0.4, -0.2) is 29.1 Å². The number of fused-ring (bicyclic) bond motifs is 1. The summed E-state index contributed by atoms with van der Waals surface area (Å²) in [7, 11) is 0. The van der Waals surface area contributed by atoms with Crippen LogP contribution < -0.4 is 10.6 Å². The number of nitrogens with zero attached hydrogens (tertiary/aromatic N) is 3. The van der Waals surface area contributed by atoms with Gasteiger partial charge in [0.2, 0.25) is 0 Å². The number of nitrogens with two attached hydrogens (primary N) is 1. The van der Waals surface area contributed by atoms with Gasteiger partial charge in [0.15, 0.2) is 0 Å². The molecule has 0 unspecified atom stereocenters. The van der Waals surface area contributed by atoms with Crippen LogP contribution in [0.2, 0.25) is 0 Å². The number of hydrogen-bond donors (Lipinski definition) is 1. The zero-order valence-electron chi connectivity index (χ0n) is 12.6. The minimum Gasteiger partial charge on any atom is -0.356 e. The molecular weight excluding hydrogens is 311 g/mol. The lowest BCUT2D eigenvalue weighted by Crippen LogP contribution is -2.40. The fourth-order valence-corrected chi connectivity index (χ4v) is 3.96. The smallest absolute Gasteiger partial charge is 0.141 e. The predicted octanol–water partition coefficient (Wildman–Crippen LogP) is 3.42. The van der Waals surface area contributed by atoms with E-state index in [1.54, 1.807) is 29.8 Å². The third-order valence-corrected chi connectivity index (χ3v) is 5.23. The van der Waals surface area contributed by atoms with Crippen molar-refractivity contribution in [3.05, 3.63) is 41.8 Å². The molecule has 0 aliphatic carbocycles. The molecule has 2 N–H and O–H groups in total. The summed E-state index contributed by atoms with van der Waals surface area (Å²) in [6.45, 7) is 1.82. The SMILES string of the molecule is NC1CCN(c2ncnc3scc(-c4ccc(F)cc4)c23)CC1. The van der Waals surface area contributed by atoms with Crippen molar-refractivity contribution in [2.75, 3.05) is 18.0 Å². The highest BCUT2D eigenvalue weighted by Crippen LogP contribution is 2.38. The normalized spacial score (nSPS) is 16.2. The Morgan fingerprint density at radius 1 is 1.13 bits per heavy atom. The Bertz CT molecular complexity index is 822. The lowest BCUT2D eigenvalue weighted by atomic mass is 10.0. The molecule has 1 saturated heterocycles. The van der Waals surface area contributed by atoms with Crippen molar-refractivity contribution in [2.45, 2.75) is 18.9 Å². The van der Waals surface area contributed by atoms with E-state index in [2.05, 4.69) is 20.2 Å². The van der Waals surface area contributed by atoms with E-state index < -0.39 is 0 Å². The lowest BCUT2D eigenvalue weighted by Gasteiger charge is -2.31. The number of halogens is 1. The minimum absolute atomic E-state index is 0.227. The van der Waals surface area contributed by atoms with Crippen molar-refractivity contribution in [1.29, 1.82) is 0 Å². The molecule has 1 aliphatic heterocycles. The molecule has 3 heterocycles. The summed E-state index contributed by atoms with van der Waals surface area (Å²) in [6, 6.07) is 6.87. The Kier molecular flexibility index (Phi) is 3.71. The third-order valence-electron chi connectivity index (χ3n) is 4.34. The van der Waals surface area contributed by atoms with Crippen molar-refractivity contribution in [3.8, 4) is 11.1 Å². The molecule has 2 aromatic heterocycles. The van der Waals surface area contributed by atoms with Gasteiger partial charge >= 0.3 is 0 Å². The molecule has 118 valence electrons. The second-order valence-electron chi connectivity index (χ2n) is 5.86. The number of rotatable bonds is 2. The van der Waals surface area contributed by atoms with Crippen LogP contribution in [0.5, 0.6) is 0 Å². The number of benzene rings is 1. The van der Waals surface area contributed by atoms with Crippen LogP contribution >= 0.6 is 11.3 Å². The fourth-order valence-electron chi connectivity index (χ4n) is 3.05. The summed E-state index contributed by atoms with van der Waals surface area (Å²) in [4.78, 5) is 12.2. The predicted molar refractivity (Wildman–Crippen MR) is 92.2 cm³/mol. The molecule has 4 rings (SSSR count). The quantitative estimate of drug-likeness (QED) is 0.783. The first kappa shape index (κ1) is 14.5. The Balaban J connectivity index is 1.82. The summed E-state index contributed by atoms with van der Waals surface area (Å²) in [5.74, 6) is 0.734. The maximum absolute atomic E-state index is 13.2. The van der Waals surface area contributed by atoms with Gasteiger partial charge < -0.3 is 10.6 Å². The van der Waals surface area contributed by atoms with Gasteiger partial charge in [-0.05, 0) is 30.5 Å². The molecule has 4 nitrogen and oxygen atoms in total. The monoisotopic (exact) mass is 328 g/mol. The number of thiophene rings is 1. The van der Waals surface area contributed by atoms with Gasteiger partial charge in [-0.15, -0.1) is 11.3 Å². The van der Waals surface area contributed by atoms with Gasteiger partial charge in [-0.3, -0.25) is 0 Å². The Morgan fingerprint density at radius 2 is 1.87 bits per heavy atom. The van der Waals surface area contributed by atoms with Crippen molar-refractivity contribution < 1.29 is 4.39 Å². The molecule has 0 spiro atoms. The van der Waals surface area contributed by atoms with Gasteiger partial charge in [-0.1, -0.05) is 12.1 Å². The molecule has 0 amide bonds. The summed E-state index contributed by atoms with van der Waals surface area (Å²) in [5, 5.41) is 3.13. The average molecular weight is 328 g/mol. The zero-order valence-corrected chi connectivity index (χ0v) is 13.4. The van der Waals surface area contributed by atoms with E-state index >= 15 is 0 Å². The van der Waals surface area contributed by atoms with E-state index in [-0.39, 0.29) is 11.9 Å². The zero-order chi connectivity index (χ0) is 15.8. The van der Waals surface area contributed by atoms with Gasteiger partial charge in [0.25, 0.3) is 0 Å². The average Bonchev–Trinajstić information content (AvgIpc) is 3.00. The fraction of sp³-hybridized carbons (Fsp3) is 0.294. The summed E-state index contributed by atoms with van der Waals surface area (Å²) in [5.41, 5.74) is 8.06. The second kappa shape index (κ2) is 5.86. The third kappa shape index (κ3) is 2.68. The van der Waals surface area contributed by atoms with Crippen LogP contribution in [-0.2, 0) is 0 Å². The summed E-state index contributed by atoms with van der Waals surface area (Å²) < 4.78 is 13.2. The number of hydrogen-bond acceptors (Lipinski definition) is 5. The Hall–Kier alpha value is -2.05. The van der Waals surface area contributed by atoms with Gasteiger partial charge in [-0.2, -0.15) is 0 Å². The van der Waals surface area contributed by atoms with E-state index in [9.17, 15) is 4.39 Å². The second-order valence-corrected chi connectivity index (χ2v) is 6.72. The molecule has 0 saturated carbocycles. The highest BCUT2D eigenvalue weighted by Gasteiger charge is 2.21. The summed E-state index contributed by atoms with van der Waals surface area (Å²) in [6.07, 6.45) is 3.57. The lowest BCUT2D eigenvalue weighted by molar-refractivity contribution is 0.499. The van der Waals surface area contributed by atoms with Gasteiger partial charge in [-0.25, -0.2) is 14.4 Å². The molecule has 1 aromatic carbocycles. The molecule has 23 heavy (non-hydrogen) atoms. The molecular formula is C17H17FN4S. The molecule has 0 atom stereocenters. The first-order chi connectivity index (χ1) is 11.2. The first-order valence-electron chi connectivity index (χ1n) is 7.71. The summed E-state index contributed by atoms with van der Waals surface area (Å²) >= 11 is 1.60. The Morgan fingerprint density at radius 3 is 2.61 bits per heavy atom. The molecule has 1 aliphatic rings. The number of aromatic nitrogens is 2. The number of piperidine rings is 1. The van der Waals surface area contributed by atoms with Crippen LogP contribution in [0.1, 0.15) is 12.8 Å². The molecule has 0 bridgehead atoms. The molecule has 0 radical (unpaired) electrons. The highest BCUT2D eigenvalue weighted by atomic mass is 32.1. The standard InChI is InChI=1S/C17H17FN4S/c18-12-3-1-11(2-4-12)14-9-23-17-15(14)16(20-10-21-17)22-7-5-13(19)6-8-22/h1-4,9-10,13H,5-8,19H2. The van der Waals surface area contributed by atoms with Crippen molar-refractivity contribution in [1.82, 2.24) is 9.97 Å². The van der Waals surface area contributed by atoms with E-state index in [0.717, 1.165) is 53.1 Å². The number of anilines is 1. The maximum atomic E-state index is 13.2. The van der Waals surface area contributed by atoms with Crippen LogP contribution in [0, 0.1) is 5.82 Å². The molecule has 1 fully saturated rings. The van der Waals surface area contributed by atoms with Gasteiger partial charge in [0.1, 0.15) is 22.8 Å². The van der Waals surface area contributed by atoms with Crippen molar-refractivity contribution >= 4 is 27.4 Å². The van der Waals surface area contributed by atoms with Crippen LogP contribution in [0.3, 0.4) is 0 Å². The Labute approximate surface area is 137 Å². The highest BCUT2D eigenvalue weighted by molar-refractivity contribution is 7.17. The molecule has 6 heteroatoms. The van der Waals surface area contributed by atoms with E-state index in [4.69, 9.17) is 5.73 Å². The van der Waals surface area contributed by atoms with Gasteiger partial charge in [0.05, 0.1) is 5.39 Å². The van der Waals surface area contributed by atoms with Crippen LogP contribution in [0.15, 0.2) is 36.0 Å². The van der Waals surface area contributed by atoms with Gasteiger partial charge in [0, 0.05) is 30.1 Å². The maximum Gasteiger partial charge on any atom is 0.141 e. The minimum atomic E-state index is -0.227. The first-order valence-corrected chi connectivity index (χ1v) is 8.59. The van der Waals surface area contributed by atoms with E-state index in [1.165, 1.54) is 12.1 Å².